The standard InChI is InChI=1S/C13H15N3OS/c17-13(10-5-8-18-9-10)16-7-2-1-3-12(16)11-4-6-14-15-11/h4-6,8-9,12H,1-3,7H2,(H,14,15). The Morgan fingerprint density at radius 3 is 3.11 bits per heavy atom. The highest BCUT2D eigenvalue weighted by molar-refractivity contribution is 7.08. The molecule has 1 unspecified atom stereocenters. The van der Waals surface area contributed by atoms with E-state index in [4.69, 9.17) is 0 Å². The van der Waals surface area contributed by atoms with Gasteiger partial charge in [0, 0.05) is 18.1 Å². The van der Waals surface area contributed by atoms with Crippen LogP contribution in [0.5, 0.6) is 0 Å². The van der Waals surface area contributed by atoms with Gasteiger partial charge in [-0.15, -0.1) is 0 Å². The molecule has 1 saturated heterocycles. The minimum absolute atomic E-state index is 0.135. The Labute approximate surface area is 110 Å². The number of piperidine rings is 1. The van der Waals surface area contributed by atoms with Crippen molar-refractivity contribution in [1.29, 1.82) is 0 Å². The second-order valence-electron chi connectivity index (χ2n) is 4.53. The molecule has 1 atom stereocenters. The van der Waals surface area contributed by atoms with Crippen LogP contribution in [0.1, 0.15) is 41.4 Å². The fraction of sp³-hybridized carbons (Fsp3) is 0.385. The van der Waals surface area contributed by atoms with Crippen LogP contribution in [0.25, 0.3) is 0 Å². The van der Waals surface area contributed by atoms with E-state index in [2.05, 4.69) is 10.2 Å². The summed E-state index contributed by atoms with van der Waals surface area (Å²) in [6, 6.07) is 4.00. The number of likely N-dealkylation sites (tertiary alicyclic amines) is 1. The van der Waals surface area contributed by atoms with Gasteiger partial charge in [0.05, 0.1) is 17.3 Å². The first kappa shape index (κ1) is 11.5. The molecule has 0 saturated carbocycles. The summed E-state index contributed by atoms with van der Waals surface area (Å²) in [6.07, 6.45) is 5.01. The van der Waals surface area contributed by atoms with E-state index in [1.54, 1.807) is 17.5 Å². The molecular weight excluding hydrogens is 246 g/mol. The number of carbonyl (C=O) groups is 1. The van der Waals surface area contributed by atoms with Gasteiger partial charge in [-0.05, 0) is 36.8 Å². The summed E-state index contributed by atoms with van der Waals surface area (Å²) in [4.78, 5) is 14.4. The summed E-state index contributed by atoms with van der Waals surface area (Å²) >= 11 is 1.56. The summed E-state index contributed by atoms with van der Waals surface area (Å²) in [5, 5.41) is 10.9. The molecule has 0 aliphatic carbocycles. The minimum atomic E-state index is 0.135. The van der Waals surface area contributed by atoms with Gasteiger partial charge < -0.3 is 4.90 Å². The summed E-state index contributed by atoms with van der Waals surface area (Å²) in [6.45, 7) is 0.832. The number of carbonyl (C=O) groups excluding carboxylic acids is 1. The van der Waals surface area contributed by atoms with E-state index >= 15 is 0 Å². The summed E-state index contributed by atoms with van der Waals surface area (Å²) in [7, 11) is 0. The molecule has 5 heteroatoms. The quantitative estimate of drug-likeness (QED) is 0.903. The van der Waals surface area contributed by atoms with Gasteiger partial charge in [-0.1, -0.05) is 0 Å². The summed E-state index contributed by atoms with van der Waals surface area (Å²) in [5.41, 5.74) is 1.84. The Kier molecular flexibility index (Phi) is 3.15. The average molecular weight is 261 g/mol. The van der Waals surface area contributed by atoms with Crippen LogP contribution in [0.15, 0.2) is 29.1 Å². The van der Waals surface area contributed by atoms with E-state index in [-0.39, 0.29) is 11.9 Å². The topological polar surface area (TPSA) is 49.0 Å². The van der Waals surface area contributed by atoms with Crippen molar-refractivity contribution >= 4 is 17.2 Å². The number of amides is 1. The largest absolute Gasteiger partial charge is 0.330 e. The van der Waals surface area contributed by atoms with E-state index in [9.17, 15) is 4.79 Å². The number of aromatic amines is 1. The predicted molar refractivity (Wildman–Crippen MR) is 70.5 cm³/mol. The van der Waals surface area contributed by atoms with Crippen molar-refractivity contribution in [3.63, 3.8) is 0 Å². The van der Waals surface area contributed by atoms with Crippen molar-refractivity contribution in [3.05, 3.63) is 40.3 Å². The first-order valence-electron chi connectivity index (χ1n) is 6.18. The van der Waals surface area contributed by atoms with Gasteiger partial charge in [-0.2, -0.15) is 16.4 Å². The van der Waals surface area contributed by atoms with Crippen LogP contribution in [0.2, 0.25) is 0 Å². The number of thiophene rings is 1. The molecule has 0 radical (unpaired) electrons. The van der Waals surface area contributed by atoms with E-state index in [1.807, 2.05) is 27.8 Å². The van der Waals surface area contributed by atoms with E-state index in [0.717, 1.165) is 37.1 Å². The van der Waals surface area contributed by atoms with Crippen LogP contribution in [0, 0.1) is 0 Å². The van der Waals surface area contributed by atoms with Crippen LogP contribution < -0.4 is 0 Å². The lowest BCUT2D eigenvalue weighted by atomic mass is 9.98. The lowest BCUT2D eigenvalue weighted by Crippen LogP contribution is -2.38. The first-order chi connectivity index (χ1) is 8.86. The molecule has 1 fully saturated rings. The molecule has 1 aliphatic rings. The molecule has 4 nitrogen and oxygen atoms in total. The third kappa shape index (κ3) is 2.06. The van der Waals surface area contributed by atoms with Crippen LogP contribution in [-0.4, -0.2) is 27.5 Å². The van der Waals surface area contributed by atoms with Crippen molar-refractivity contribution in [3.8, 4) is 0 Å². The Balaban J connectivity index is 1.86. The van der Waals surface area contributed by atoms with Gasteiger partial charge in [0.2, 0.25) is 0 Å². The van der Waals surface area contributed by atoms with Crippen molar-refractivity contribution < 1.29 is 4.79 Å². The number of rotatable bonds is 2. The highest BCUT2D eigenvalue weighted by atomic mass is 32.1. The van der Waals surface area contributed by atoms with Crippen molar-refractivity contribution in [2.75, 3.05) is 6.54 Å². The second kappa shape index (κ2) is 4.94. The number of H-pyrrole nitrogens is 1. The van der Waals surface area contributed by atoms with Crippen LogP contribution >= 0.6 is 11.3 Å². The molecule has 18 heavy (non-hydrogen) atoms. The number of aromatic nitrogens is 2. The van der Waals surface area contributed by atoms with Crippen molar-refractivity contribution in [2.45, 2.75) is 25.3 Å². The monoisotopic (exact) mass is 261 g/mol. The zero-order valence-corrected chi connectivity index (χ0v) is 10.8. The van der Waals surface area contributed by atoms with Gasteiger partial charge in [0.15, 0.2) is 0 Å². The number of nitrogens with zero attached hydrogens (tertiary/aromatic N) is 2. The molecule has 3 rings (SSSR count). The maximum atomic E-state index is 12.5. The SMILES string of the molecule is O=C(c1ccsc1)N1CCCCC1c1ccn[nH]1. The van der Waals surface area contributed by atoms with Gasteiger partial charge in [-0.3, -0.25) is 9.89 Å². The van der Waals surface area contributed by atoms with E-state index < -0.39 is 0 Å². The highest BCUT2D eigenvalue weighted by Gasteiger charge is 2.29. The second-order valence-corrected chi connectivity index (χ2v) is 5.31. The smallest absolute Gasteiger partial charge is 0.255 e. The molecule has 1 amide bonds. The molecule has 3 heterocycles. The summed E-state index contributed by atoms with van der Waals surface area (Å²) in [5.74, 6) is 0.135. The van der Waals surface area contributed by atoms with Gasteiger partial charge in [-0.25, -0.2) is 0 Å². The molecular formula is C13H15N3OS. The van der Waals surface area contributed by atoms with Gasteiger partial charge in [0.1, 0.15) is 0 Å². The Morgan fingerprint density at radius 1 is 1.44 bits per heavy atom. The van der Waals surface area contributed by atoms with Crippen LogP contribution in [-0.2, 0) is 0 Å². The molecule has 0 aromatic carbocycles. The fourth-order valence-electron chi connectivity index (χ4n) is 2.50. The minimum Gasteiger partial charge on any atom is -0.330 e. The zero-order chi connectivity index (χ0) is 12.4. The third-order valence-electron chi connectivity index (χ3n) is 3.41. The Morgan fingerprint density at radius 2 is 2.39 bits per heavy atom. The molecule has 2 aromatic rings. The lowest BCUT2D eigenvalue weighted by molar-refractivity contribution is 0.0606. The van der Waals surface area contributed by atoms with Crippen LogP contribution in [0.4, 0.5) is 0 Å². The fourth-order valence-corrected chi connectivity index (χ4v) is 3.13. The zero-order valence-electron chi connectivity index (χ0n) is 10.0. The van der Waals surface area contributed by atoms with Crippen molar-refractivity contribution in [2.24, 2.45) is 0 Å². The van der Waals surface area contributed by atoms with Gasteiger partial charge >= 0.3 is 0 Å². The van der Waals surface area contributed by atoms with Crippen LogP contribution in [0.3, 0.4) is 0 Å². The van der Waals surface area contributed by atoms with E-state index in [0.29, 0.717) is 0 Å². The van der Waals surface area contributed by atoms with E-state index in [1.165, 1.54) is 0 Å². The number of hydrogen-bond donors (Lipinski definition) is 1. The molecule has 0 spiro atoms. The average Bonchev–Trinajstić information content (AvgIpc) is 3.11. The maximum Gasteiger partial charge on any atom is 0.255 e. The molecule has 1 aliphatic heterocycles. The number of nitrogens with one attached hydrogen (secondary N) is 1. The lowest BCUT2D eigenvalue weighted by Gasteiger charge is -2.34. The molecule has 1 N–H and O–H groups in total. The molecule has 2 aromatic heterocycles. The van der Waals surface area contributed by atoms with Gasteiger partial charge in [0.25, 0.3) is 5.91 Å². The van der Waals surface area contributed by atoms with Crippen molar-refractivity contribution in [1.82, 2.24) is 15.1 Å². The molecule has 0 bridgehead atoms. The maximum absolute atomic E-state index is 12.5. The highest BCUT2D eigenvalue weighted by Crippen LogP contribution is 2.31. The first-order valence-corrected chi connectivity index (χ1v) is 7.13. The Bertz CT molecular complexity index is 506. The Hall–Kier alpha value is -1.62. The predicted octanol–water partition coefficient (Wildman–Crippen LogP) is 2.84. The normalized spacial score (nSPS) is 20.0. The number of hydrogen-bond acceptors (Lipinski definition) is 3. The summed E-state index contributed by atoms with van der Waals surface area (Å²) < 4.78 is 0. The third-order valence-corrected chi connectivity index (χ3v) is 4.10. The molecule has 94 valence electrons.